The van der Waals surface area contributed by atoms with Gasteiger partial charge in [-0.05, 0) is 28.3 Å². The highest BCUT2D eigenvalue weighted by Crippen LogP contribution is 2.21. The largest absolute Gasteiger partial charge is 0.333 e. The van der Waals surface area contributed by atoms with Crippen molar-refractivity contribution in [2.75, 3.05) is 13.1 Å². The predicted octanol–water partition coefficient (Wildman–Crippen LogP) is 5.59. The molecular formula is C25H36N2O2S. The van der Waals surface area contributed by atoms with Crippen molar-refractivity contribution in [2.24, 2.45) is 11.3 Å². The highest BCUT2D eigenvalue weighted by atomic mass is 32.1. The van der Waals surface area contributed by atoms with Crippen molar-refractivity contribution in [3.05, 3.63) is 58.3 Å². The fraction of sp³-hybridized carbons (Fsp3) is 0.520. The lowest BCUT2D eigenvalue weighted by Crippen LogP contribution is -2.44. The molecule has 0 aliphatic carbocycles. The average molecular weight is 429 g/mol. The summed E-state index contributed by atoms with van der Waals surface area (Å²) in [5, 5.41) is 2.03. The van der Waals surface area contributed by atoms with Gasteiger partial charge in [0.2, 0.25) is 11.8 Å². The molecule has 0 unspecified atom stereocenters. The fourth-order valence-electron chi connectivity index (χ4n) is 3.22. The van der Waals surface area contributed by atoms with Crippen LogP contribution >= 0.6 is 11.3 Å². The smallest absolute Gasteiger partial charge is 0.242 e. The Labute approximate surface area is 185 Å². The lowest BCUT2D eigenvalue weighted by molar-refractivity contribution is -0.142. The van der Waals surface area contributed by atoms with E-state index in [-0.39, 0.29) is 23.8 Å². The molecule has 5 heteroatoms. The summed E-state index contributed by atoms with van der Waals surface area (Å²) in [5.74, 6) is 0.423. The van der Waals surface area contributed by atoms with Crippen molar-refractivity contribution in [2.45, 2.75) is 60.5 Å². The zero-order valence-corrected chi connectivity index (χ0v) is 19.9. The molecule has 1 aromatic carbocycles. The first kappa shape index (κ1) is 24.1. The summed E-state index contributed by atoms with van der Waals surface area (Å²) >= 11 is 1.65. The number of benzene rings is 1. The van der Waals surface area contributed by atoms with Gasteiger partial charge in [-0.1, -0.05) is 77.4 Å². The summed E-state index contributed by atoms with van der Waals surface area (Å²) in [6, 6.07) is 14.1. The number of nitrogens with zero attached hydrogens (tertiary/aromatic N) is 2. The lowest BCUT2D eigenvalue weighted by atomic mass is 9.91. The summed E-state index contributed by atoms with van der Waals surface area (Å²) in [6.45, 7) is 12.3. The van der Waals surface area contributed by atoms with Crippen LogP contribution in [0.5, 0.6) is 0 Å². The number of hydrogen-bond donors (Lipinski definition) is 0. The molecule has 1 atom stereocenters. The summed E-state index contributed by atoms with van der Waals surface area (Å²) in [6.07, 6.45) is 1.43. The van der Waals surface area contributed by atoms with Crippen LogP contribution in [0.15, 0.2) is 47.8 Å². The number of thiophene rings is 1. The molecule has 0 aliphatic heterocycles. The molecule has 0 spiro atoms. The molecule has 0 radical (unpaired) electrons. The van der Waals surface area contributed by atoms with Crippen LogP contribution in [0.1, 0.15) is 57.9 Å². The quantitative estimate of drug-likeness (QED) is 0.495. The van der Waals surface area contributed by atoms with Crippen LogP contribution in [0.2, 0.25) is 0 Å². The van der Waals surface area contributed by atoms with Crippen molar-refractivity contribution in [3.8, 4) is 0 Å². The number of rotatable bonds is 10. The van der Waals surface area contributed by atoms with Gasteiger partial charge in [-0.25, -0.2) is 0 Å². The molecule has 4 nitrogen and oxygen atoms in total. The minimum atomic E-state index is -0.103. The molecule has 164 valence electrons. The molecule has 1 heterocycles. The lowest BCUT2D eigenvalue weighted by Gasteiger charge is -2.31. The van der Waals surface area contributed by atoms with E-state index in [4.69, 9.17) is 0 Å². The maximum Gasteiger partial charge on any atom is 0.242 e. The van der Waals surface area contributed by atoms with Crippen LogP contribution in [0.25, 0.3) is 0 Å². The maximum absolute atomic E-state index is 13.4. The monoisotopic (exact) mass is 428 g/mol. The van der Waals surface area contributed by atoms with Gasteiger partial charge < -0.3 is 9.80 Å². The van der Waals surface area contributed by atoms with Gasteiger partial charge in [0.05, 0.1) is 13.1 Å². The van der Waals surface area contributed by atoms with Gasteiger partial charge in [0, 0.05) is 24.4 Å². The van der Waals surface area contributed by atoms with E-state index in [9.17, 15) is 9.59 Å². The van der Waals surface area contributed by atoms with E-state index < -0.39 is 0 Å². The first-order chi connectivity index (χ1) is 14.2. The molecular weight excluding hydrogens is 392 g/mol. The fourth-order valence-corrected chi connectivity index (χ4v) is 3.93. The molecule has 0 saturated carbocycles. The van der Waals surface area contributed by atoms with E-state index in [1.165, 1.54) is 0 Å². The van der Waals surface area contributed by atoms with Crippen LogP contribution in [0, 0.1) is 11.3 Å². The van der Waals surface area contributed by atoms with E-state index in [0.29, 0.717) is 32.0 Å². The Morgan fingerprint density at radius 2 is 1.67 bits per heavy atom. The second-order valence-corrected chi connectivity index (χ2v) is 10.4. The summed E-state index contributed by atoms with van der Waals surface area (Å²) in [5.41, 5.74) is 0.992. The normalized spacial score (nSPS) is 12.4. The average Bonchev–Trinajstić information content (AvgIpc) is 3.19. The van der Waals surface area contributed by atoms with E-state index in [1.807, 2.05) is 46.7 Å². The number of carbonyl (C=O) groups is 2. The van der Waals surface area contributed by atoms with Gasteiger partial charge >= 0.3 is 0 Å². The van der Waals surface area contributed by atoms with E-state index in [0.717, 1.165) is 16.9 Å². The molecule has 1 aromatic heterocycles. The number of hydrogen-bond acceptors (Lipinski definition) is 3. The Morgan fingerprint density at radius 1 is 0.967 bits per heavy atom. The first-order valence-corrected chi connectivity index (χ1v) is 11.7. The standard InChI is InChI=1S/C25H36N2O2S/c1-6-20(2)16-26(23(28)15-25(3,4)5)19-24(29)27(18-22-13-10-14-30-22)17-21-11-8-7-9-12-21/h7-14,20H,6,15-19H2,1-5H3/t20-/m1/s1. The minimum absolute atomic E-state index is 0.00202. The second-order valence-electron chi connectivity index (χ2n) is 9.34. The van der Waals surface area contributed by atoms with Gasteiger partial charge in [0.1, 0.15) is 0 Å². The molecule has 2 aromatic rings. The highest BCUT2D eigenvalue weighted by Gasteiger charge is 2.26. The zero-order chi connectivity index (χ0) is 22.1. The Hall–Kier alpha value is -2.14. The third-order valence-electron chi connectivity index (χ3n) is 5.09. The molecule has 0 fully saturated rings. The minimum Gasteiger partial charge on any atom is -0.333 e. The third-order valence-corrected chi connectivity index (χ3v) is 5.95. The Bertz CT molecular complexity index is 781. The van der Waals surface area contributed by atoms with Gasteiger partial charge in [-0.3, -0.25) is 9.59 Å². The third kappa shape index (κ3) is 8.31. The first-order valence-electron chi connectivity index (χ1n) is 10.8. The van der Waals surface area contributed by atoms with E-state index in [1.54, 1.807) is 16.2 Å². The number of carbonyl (C=O) groups excluding carboxylic acids is 2. The molecule has 0 saturated heterocycles. The topological polar surface area (TPSA) is 40.6 Å². The van der Waals surface area contributed by atoms with E-state index in [2.05, 4.69) is 40.7 Å². The van der Waals surface area contributed by atoms with Gasteiger partial charge in [0.25, 0.3) is 0 Å². The molecule has 0 N–H and O–H groups in total. The van der Waals surface area contributed by atoms with Crippen molar-refractivity contribution in [3.63, 3.8) is 0 Å². The van der Waals surface area contributed by atoms with Crippen molar-refractivity contribution in [1.29, 1.82) is 0 Å². The summed E-state index contributed by atoms with van der Waals surface area (Å²) < 4.78 is 0. The van der Waals surface area contributed by atoms with Crippen LogP contribution in [0.4, 0.5) is 0 Å². The maximum atomic E-state index is 13.4. The van der Waals surface area contributed by atoms with Crippen LogP contribution < -0.4 is 0 Å². The van der Waals surface area contributed by atoms with Gasteiger partial charge in [0.15, 0.2) is 0 Å². The Kier molecular flexibility index (Phi) is 9.09. The molecule has 0 bridgehead atoms. The Morgan fingerprint density at radius 3 is 2.23 bits per heavy atom. The molecule has 30 heavy (non-hydrogen) atoms. The SMILES string of the molecule is CC[C@@H](C)CN(CC(=O)N(Cc1ccccc1)Cc1cccs1)C(=O)CC(C)(C)C. The zero-order valence-electron chi connectivity index (χ0n) is 19.1. The van der Waals surface area contributed by atoms with Crippen molar-refractivity contribution >= 4 is 23.2 Å². The molecule has 2 rings (SSSR count). The predicted molar refractivity (Wildman–Crippen MR) is 125 cm³/mol. The van der Waals surface area contributed by atoms with E-state index >= 15 is 0 Å². The van der Waals surface area contributed by atoms with Gasteiger partial charge in [-0.2, -0.15) is 0 Å². The van der Waals surface area contributed by atoms with Crippen molar-refractivity contribution < 1.29 is 9.59 Å². The summed E-state index contributed by atoms with van der Waals surface area (Å²) in [7, 11) is 0. The van der Waals surface area contributed by atoms with Crippen LogP contribution in [0.3, 0.4) is 0 Å². The van der Waals surface area contributed by atoms with Crippen LogP contribution in [-0.4, -0.2) is 34.7 Å². The second kappa shape index (κ2) is 11.3. The highest BCUT2D eigenvalue weighted by molar-refractivity contribution is 7.09. The molecule has 0 aliphatic rings. The van der Waals surface area contributed by atoms with Crippen molar-refractivity contribution in [1.82, 2.24) is 9.80 Å². The molecule has 2 amide bonds. The van der Waals surface area contributed by atoms with Crippen LogP contribution in [-0.2, 0) is 22.7 Å². The van der Waals surface area contributed by atoms with Gasteiger partial charge in [-0.15, -0.1) is 11.3 Å². The number of amides is 2. The Balaban J connectivity index is 2.18. The summed E-state index contributed by atoms with van der Waals surface area (Å²) in [4.78, 5) is 31.2.